The van der Waals surface area contributed by atoms with Crippen molar-refractivity contribution < 1.29 is 17.9 Å². The molecular formula is C24H30N4O4S. The van der Waals surface area contributed by atoms with Gasteiger partial charge in [-0.25, -0.2) is 13.4 Å². The first-order valence-electron chi connectivity index (χ1n) is 10.8. The van der Waals surface area contributed by atoms with E-state index in [1.165, 1.54) is 13.1 Å². The Morgan fingerprint density at radius 1 is 1.27 bits per heavy atom. The maximum Gasteiger partial charge on any atom is 0.325 e. The molecule has 1 aromatic carbocycles. The SMILES string of the molecule is C=CCOC(=O)[C@H]([C@@H](C)CC)N(C)S(=O)(=O)c1ccc(Cn2c(C)nc3ccncc32)cc1. The summed E-state index contributed by atoms with van der Waals surface area (Å²) in [6, 6.07) is 7.62. The first-order valence-corrected chi connectivity index (χ1v) is 12.3. The van der Waals surface area contributed by atoms with E-state index in [1.807, 2.05) is 31.4 Å². The van der Waals surface area contributed by atoms with Gasteiger partial charge in [0.1, 0.15) is 18.5 Å². The van der Waals surface area contributed by atoms with Gasteiger partial charge in [-0.3, -0.25) is 9.78 Å². The Balaban J connectivity index is 1.85. The molecule has 3 aromatic rings. The standard InChI is InChI=1S/C24H30N4O4S/c1-6-14-32-24(29)23(17(3)7-2)27(5)33(30,31)20-10-8-19(9-11-20)16-28-18(4)26-21-12-13-25-15-22(21)28/h6,8-13,15,17,23H,1,7,14,16H2,2-5H3/t17-,23-/m0/s1. The van der Waals surface area contributed by atoms with E-state index in [4.69, 9.17) is 4.74 Å². The molecular weight excluding hydrogens is 440 g/mol. The molecule has 0 amide bonds. The van der Waals surface area contributed by atoms with Crippen LogP contribution in [0, 0.1) is 12.8 Å². The molecule has 0 spiro atoms. The van der Waals surface area contributed by atoms with E-state index in [1.54, 1.807) is 36.7 Å². The number of aryl methyl sites for hydroxylation is 1. The van der Waals surface area contributed by atoms with Crippen LogP contribution in [-0.2, 0) is 26.1 Å². The highest BCUT2D eigenvalue weighted by molar-refractivity contribution is 7.89. The monoisotopic (exact) mass is 470 g/mol. The van der Waals surface area contributed by atoms with E-state index in [9.17, 15) is 13.2 Å². The lowest BCUT2D eigenvalue weighted by Crippen LogP contribution is -2.47. The fourth-order valence-electron chi connectivity index (χ4n) is 3.74. The van der Waals surface area contributed by atoms with Crippen molar-refractivity contribution in [3.63, 3.8) is 0 Å². The van der Waals surface area contributed by atoms with Crippen molar-refractivity contribution in [3.8, 4) is 0 Å². The zero-order chi connectivity index (χ0) is 24.2. The van der Waals surface area contributed by atoms with Crippen molar-refractivity contribution in [1.82, 2.24) is 18.8 Å². The third-order valence-electron chi connectivity index (χ3n) is 5.84. The van der Waals surface area contributed by atoms with E-state index >= 15 is 0 Å². The Kier molecular flexibility index (Phi) is 7.65. The number of aromatic nitrogens is 3. The summed E-state index contributed by atoms with van der Waals surface area (Å²) in [6.07, 6.45) is 5.55. The molecule has 0 bridgehead atoms. The topological polar surface area (TPSA) is 94.4 Å². The van der Waals surface area contributed by atoms with Crippen molar-refractivity contribution in [2.75, 3.05) is 13.7 Å². The van der Waals surface area contributed by atoms with Gasteiger partial charge in [0.2, 0.25) is 10.0 Å². The molecule has 3 rings (SSSR count). The first-order chi connectivity index (χ1) is 15.7. The van der Waals surface area contributed by atoms with Gasteiger partial charge in [-0.2, -0.15) is 4.31 Å². The molecule has 2 atom stereocenters. The maximum atomic E-state index is 13.3. The number of ether oxygens (including phenoxy) is 1. The lowest BCUT2D eigenvalue weighted by atomic mass is 9.99. The molecule has 9 heteroatoms. The number of likely N-dealkylation sites (N-methyl/N-ethyl adjacent to an activating group) is 1. The molecule has 0 aliphatic heterocycles. The molecule has 0 radical (unpaired) electrons. The third-order valence-corrected chi connectivity index (χ3v) is 7.70. The van der Waals surface area contributed by atoms with Crippen LogP contribution >= 0.6 is 0 Å². The van der Waals surface area contributed by atoms with Gasteiger partial charge in [-0.1, -0.05) is 45.1 Å². The molecule has 33 heavy (non-hydrogen) atoms. The minimum absolute atomic E-state index is 0.0339. The van der Waals surface area contributed by atoms with Gasteiger partial charge in [0.15, 0.2) is 0 Å². The number of imidazole rings is 1. The number of sulfonamides is 1. The highest BCUT2D eigenvalue weighted by Gasteiger charge is 2.37. The van der Waals surface area contributed by atoms with E-state index in [0.717, 1.165) is 26.7 Å². The van der Waals surface area contributed by atoms with Gasteiger partial charge in [-0.15, -0.1) is 0 Å². The molecule has 0 fully saturated rings. The number of fused-ring (bicyclic) bond motifs is 1. The largest absolute Gasteiger partial charge is 0.460 e. The summed E-state index contributed by atoms with van der Waals surface area (Å²) in [4.78, 5) is 21.4. The number of esters is 1. The van der Waals surface area contributed by atoms with Crippen molar-refractivity contribution in [2.45, 2.75) is 44.7 Å². The fraction of sp³-hybridized carbons (Fsp3) is 0.375. The summed E-state index contributed by atoms with van der Waals surface area (Å²) < 4.78 is 34.9. The van der Waals surface area contributed by atoms with Crippen molar-refractivity contribution in [2.24, 2.45) is 5.92 Å². The number of carbonyl (C=O) groups is 1. The number of hydrogen-bond acceptors (Lipinski definition) is 6. The Hall–Kier alpha value is -3.04. The van der Waals surface area contributed by atoms with Gasteiger partial charge in [0.05, 0.1) is 22.1 Å². The maximum absolute atomic E-state index is 13.3. The molecule has 0 unspecified atom stereocenters. The summed E-state index contributed by atoms with van der Waals surface area (Å²) in [5.41, 5.74) is 2.70. The second kappa shape index (κ2) is 10.3. The molecule has 0 aliphatic rings. The summed E-state index contributed by atoms with van der Waals surface area (Å²) in [5.74, 6) is 0.0550. The van der Waals surface area contributed by atoms with Crippen LogP contribution in [0.2, 0.25) is 0 Å². The molecule has 2 heterocycles. The predicted octanol–water partition coefficient (Wildman–Crippen LogP) is 3.55. The van der Waals surface area contributed by atoms with Crippen LogP contribution in [0.3, 0.4) is 0 Å². The second-order valence-electron chi connectivity index (χ2n) is 8.02. The Morgan fingerprint density at radius 2 is 1.97 bits per heavy atom. The van der Waals surface area contributed by atoms with Gasteiger partial charge in [0, 0.05) is 19.8 Å². The Labute approximate surface area is 195 Å². The minimum Gasteiger partial charge on any atom is -0.460 e. The lowest BCUT2D eigenvalue weighted by Gasteiger charge is -2.29. The van der Waals surface area contributed by atoms with E-state index in [2.05, 4.69) is 16.5 Å². The first kappa shape index (κ1) is 24.6. The van der Waals surface area contributed by atoms with Gasteiger partial charge in [-0.05, 0) is 36.6 Å². The highest BCUT2D eigenvalue weighted by Crippen LogP contribution is 2.24. The third kappa shape index (κ3) is 5.15. The van der Waals surface area contributed by atoms with E-state index < -0.39 is 22.0 Å². The summed E-state index contributed by atoms with van der Waals surface area (Å²) in [7, 11) is -2.49. The number of rotatable bonds is 10. The number of hydrogen-bond donors (Lipinski definition) is 0. The lowest BCUT2D eigenvalue weighted by molar-refractivity contribution is -0.148. The molecule has 0 N–H and O–H groups in total. The van der Waals surface area contributed by atoms with Crippen molar-refractivity contribution >= 4 is 27.0 Å². The number of benzene rings is 1. The Bertz CT molecular complexity index is 1240. The van der Waals surface area contributed by atoms with Gasteiger partial charge in [0.25, 0.3) is 0 Å². The normalized spacial score (nSPS) is 13.7. The zero-order valence-corrected chi connectivity index (χ0v) is 20.2. The van der Waals surface area contributed by atoms with Crippen LogP contribution in [0.1, 0.15) is 31.7 Å². The predicted molar refractivity (Wildman–Crippen MR) is 127 cm³/mol. The van der Waals surface area contributed by atoms with Crippen molar-refractivity contribution in [1.29, 1.82) is 0 Å². The number of nitrogens with zero attached hydrogens (tertiary/aromatic N) is 4. The molecule has 0 saturated heterocycles. The quantitative estimate of drug-likeness (QED) is 0.332. The molecule has 0 aliphatic carbocycles. The molecule has 0 saturated carbocycles. The summed E-state index contributed by atoms with van der Waals surface area (Å²) in [5, 5.41) is 0. The average molecular weight is 471 g/mol. The van der Waals surface area contributed by atoms with E-state index in [0.29, 0.717) is 13.0 Å². The molecule has 8 nitrogen and oxygen atoms in total. The highest BCUT2D eigenvalue weighted by atomic mass is 32.2. The van der Waals surface area contributed by atoms with Crippen LogP contribution in [0.4, 0.5) is 0 Å². The van der Waals surface area contributed by atoms with Crippen LogP contribution in [0.5, 0.6) is 0 Å². The second-order valence-corrected chi connectivity index (χ2v) is 10.0. The number of carbonyl (C=O) groups excluding carboxylic acids is 1. The van der Waals surface area contributed by atoms with Crippen LogP contribution in [-0.4, -0.2) is 52.9 Å². The molecule has 2 aromatic heterocycles. The Morgan fingerprint density at radius 3 is 2.61 bits per heavy atom. The van der Waals surface area contributed by atoms with Crippen LogP contribution in [0.25, 0.3) is 11.0 Å². The summed E-state index contributed by atoms with van der Waals surface area (Å²) in [6.45, 7) is 9.77. The van der Waals surface area contributed by atoms with Crippen LogP contribution in [0.15, 0.2) is 60.3 Å². The minimum atomic E-state index is -3.91. The van der Waals surface area contributed by atoms with E-state index in [-0.39, 0.29) is 17.4 Å². The molecule has 176 valence electrons. The average Bonchev–Trinajstić information content (AvgIpc) is 3.12. The van der Waals surface area contributed by atoms with Crippen molar-refractivity contribution in [3.05, 3.63) is 66.8 Å². The van der Waals surface area contributed by atoms with Gasteiger partial charge < -0.3 is 9.30 Å². The zero-order valence-electron chi connectivity index (χ0n) is 19.4. The van der Waals surface area contributed by atoms with Gasteiger partial charge >= 0.3 is 5.97 Å². The van der Waals surface area contributed by atoms with Crippen LogP contribution < -0.4 is 0 Å². The smallest absolute Gasteiger partial charge is 0.325 e. The number of pyridine rings is 1. The summed E-state index contributed by atoms with van der Waals surface area (Å²) >= 11 is 0. The fourth-order valence-corrected chi connectivity index (χ4v) is 5.15.